The van der Waals surface area contributed by atoms with Crippen LogP contribution in [0, 0.1) is 0 Å². The van der Waals surface area contributed by atoms with Crippen molar-refractivity contribution in [3.8, 4) is 10.8 Å². The highest BCUT2D eigenvalue weighted by Gasteiger charge is 2.22. The monoisotopic (exact) mass is 367 g/mol. The molecule has 134 valence electrons. The first-order valence-corrected chi connectivity index (χ1v) is 9.72. The molecule has 0 bridgehead atoms. The number of nitrogens with one attached hydrogen (secondary N) is 1. The fourth-order valence-electron chi connectivity index (χ4n) is 3.22. The van der Waals surface area contributed by atoms with Gasteiger partial charge in [0.25, 0.3) is 5.91 Å². The highest BCUT2D eigenvalue weighted by Crippen LogP contribution is 2.24. The van der Waals surface area contributed by atoms with Gasteiger partial charge in [-0.25, -0.2) is 4.98 Å². The Kier molecular flexibility index (Phi) is 5.13. The third kappa shape index (κ3) is 4.03. The highest BCUT2D eigenvalue weighted by atomic mass is 32.1. The molecule has 1 aliphatic rings. The van der Waals surface area contributed by atoms with Gasteiger partial charge in [-0.2, -0.15) is 0 Å². The van der Waals surface area contributed by atoms with Crippen LogP contribution in [0.3, 0.4) is 0 Å². The van der Waals surface area contributed by atoms with E-state index >= 15 is 0 Å². The average molecular weight is 367 g/mol. The molecule has 0 atom stereocenters. The van der Waals surface area contributed by atoms with Gasteiger partial charge in [0.2, 0.25) is 5.89 Å². The van der Waals surface area contributed by atoms with Gasteiger partial charge in [-0.05, 0) is 36.4 Å². The Balaban J connectivity index is 1.27. The second-order valence-electron chi connectivity index (χ2n) is 6.51. The molecule has 0 spiro atoms. The minimum Gasteiger partial charge on any atom is -0.444 e. The van der Waals surface area contributed by atoms with E-state index in [2.05, 4.69) is 15.2 Å². The lowest BCUT2D eigenvalue weighted by Gasteiger charge is -2.31. The van der Waals surface area contributed by atoms with Gasteiger partial charge >= 0.3 is 0 Å². The maximum atomic E-state index is 12.3. The predicted octanol–water partition coefficient (Wildman–Crippen LogP) is 3.80. The van der Waals surface area contributed by atoms with E-state index in [0.717, 1.165) is 48.6 Å². The largest absolute Gasteiger partial charge is 0.444 e. The van der Waals surface area contributed by atoms with Crippen molar-refractivity contribution >= 4 is 17.2 Å². The smallest absolute Gasteiger partial charge is 0.251 e. The van der Waals surface area contributed by atoms with Crippen LogP contribution in [0.25, 0.3) is 10.8 Å². The molecule has 3 aromatic rings. The Morgan fingerprint density at radius 2 is 2.00 bits per heavy atom. The molecule has 1 fully saturated rings. The molecule has 5 nitrogen and oxygen atoms in total. The molecule has 2 aromatic heterocycles. The predicted molar refractivity (Wildman–Crippen MR) is 102 cm³/mol. The van der Waals surface area contributed by atoms with Crippen molar-refractivity contribution in [2.45, 2.75) is 25.4 Å². The maximum absolute atomic E-state index is 12.3. The van der Waals surface area contributed by atoms with E-state index in [1.165, 1.54) is 0 Å². The Hall–Kier alpha value is -2.44. The molecule has 1 amide bonds. The van der Waals surface area contributed by atoms with Crippen LogP contribution < -0.4 is 5.32 Å². The van der Waals surface area contributed by atoms with Crippen molar-refractivity contribution < 1.29 is 9.21 Å². The number of rotatable bonds is 5. The number of piperidine rings is 1. The van der Waals surface area contributed by atoms with Crippen molar-refractivity contribution in [1.29, 1.82) is 0 Å². The van der Waals surface area contributed by atoms with Crippen LogP contribution in [-0.2, 0) is 6.54 Å². The van der Waals surface area contributed by atoms with E-state index in [0.29, 0.717) is 5.89 Å². The molecule has 6 heteroatoms. The number of thiophene rings is 1. The van der Waals surface area contributed by atoms with E-state index in [1.54, 1.807) is 17.6 Å². The van der Waals surface area contributed by atoms with Crippen molar-refractivity contribution in [2.75, 3.05) is 13.1 Å². The van der Waals surface area contributed by atoms with E-state index in [-0.39, 0.29) is 11.9 Å². The van der Waals surface area contributed by atoms with Gasteiger partial charge in [0.05, 0.1) is 10.6 Å². The Bertz CT molecular complexity index is 837. The number of likely N-dealkylation sites (tertiary alicyclic amines) is 1. The zero-order valence-corrected chi connectivity index (χ0v) is 15.2. The molecular weight excluding hydrogens is 346 g/mol. The summed E-state index contributed by atoms with van der Waals surface area (Å²) in [7, 11) is 0. The summed E-state index contributed by atoms with van der Waals surface area (Å²) < 4.78 is 5.59. The molecule has 1 N–H and O–H groups in total. The van der Waals surface area contributed by atoms with Crippen molar-refractivity contribution in [3.63, 3.8) is 0 Å². The molecular formula is C20H21N3O2S. The summed E-state index contributed by atoms with van der Waals surface area (Å²) in [5.41, 5.74) is 1.68. The maximum Gasteiger partial charge on any atom is 0.251 e. The van der Waals surface area contributed by atoms with E-state index < -0.39 is 0 Å². The lowest BCUT2D eigenvalue weighted by molar-refractivity contribution is 0.0908. The molecule has 0 saturated carbocycles. The summed E-state index contributed by atoms with van der Waals surface area (Å²) in [5, 5.41) is 5.17. The van der Waals surface area contributed by atoms with Crippen molar-refractivity contribution in [1.82, 2.24) is 15.2 Å². The second-order valence-corrected chi connectivity index (χ2v) is 7.46. The zero-order chi connectivity index (χ0) is 17.8. The molecule has 1 aliphatic heterocycles. The summed E-state index contributed by atoms with van der Waals surface area (Å²) in [6.45, 7) is 2.68. The number of benzene rings is 1. The van der Waals surface area contributed by atoms with Gasteiger partial charge in [0.15, 0.2) is 0 Å². The molecule has 3 heterocycles. The standard InChI is InChI=1S/C20H21N3O2S/c24-19(15-5-2-1-3-6-15)21-16-8-10-23(11-9-16)13-17-14-25-20(22-17)18-7-4-12-26-18/h1-7,12,14,16H,8-11,13H2,(H,21,24). The summed E-state index contributed by atoms with van der Waals surface area (Å²) in [5.74, 6) is 0.709. The average Bonchev–Trinajstić information content (AvgIpc) is 3.36. The SMILES string of the molecule is O=C(NC1CCN(Cc2coc(-c3cccs3)n2)CC1)c1ccccc1. The Morgan fingerprint density at radius 1 is 1.19 bits per heavy atom. The van der Waals surface area contributed by atoms with Crippen LogP contribution in [0.5, 0.6) is 0 Å². The number of carbonyl (C=O) groups is 1. The molecule has 1 saturated heterocycles. The lowest BCUT2D eigenvalue weighted by Crippen LogP contribution is -2.44. The number of hydrogen-bond donors (Lipinski definition) is 1. The van der Waals surface area contributed by atoms with Gasteiger partial charge in [-0.3, -0.25) is 9.69 Å². The van der Waals surface area contributed by atoms with Crippen LogP contribution in [0.2, 0.25) is 0 Å². The van der Waals surface area contributed by atoms with Crippen LogP contribution in [0.4, 0.5) is 0 Å². The topological polar surface area (TPSA) is 58.4 Å². The number of carbonyl (C=O) groups excluding carboxylic acids is 1. The summed E-state index contributed by atoms with van der Waals surface area (Å²) in [6, 6.07) is 13.6. The second kappa shape index (κ2) is 7.85. The minimum absolute atomic E-state index is 0.0149. The Morgan fingerprint density at radius 3 is 2.73 bits per heavy atom. The summed E-state index contributed by atoms with van der Waals surface area (Å²) >= 11 is 1.63. The zero-order valence-electron chi connectivity index (χ0n) is 14.4. The third-order valence-corrected chi connectivity index (χ3v) is 5.49. The van der Waals surface area contributed by atoms with Crippen molar-refractivity contribution in [2.24, 2.45) is 0 Å². The number of aromatic nitrogens is 1. The summed E-state index contributed by atoms with van der Waals surface area (Å²) in [6.07, 6.45) is 3.65. The molecule has 0 aliphatic carbocycles. The van der Waals surface area contributed by atoms with Crippen LogP contribution in [-0.4, -0.2) is 34.9 Å². The Labute approximate surface area is 156 Å². The number of nitrogens with zero attached hydrogens (tertiary/aromatic N) is 2. The molecule has 4 rings (SSSR count). The number of oxazole rings is 1. The van der Waals surface area contributed by atoms with Crippen LogP contribution >= 0.6 is 11.3 Å². The lowest BCUT2D eigenvalue weighted by atomic mass is 10.0. The number of amides is 1. The fourth-order valence-corrected chi connectivity index (χ4v) is 3.87. The molecule has 26 heavy (non-hydrogen) atoms. The first kappa shape index (κ1) is 17.0. The normalized spacial score (nSPS) is 15.8. The van der Waals surface area contributed by atoms with Gasteiger partial charge < -0.3 is 9.73 Å². The van der Waals surface area contributed by atoms with E-state index in [4.69, 9.17) is 4.42 Å². The van der Waals surface area contributed by atoms with Gasteiger partial charge in [0, 0.05) is 31.2 Å². The minimum atomic E-state index is 0.0149. The first-order chi connectivity index (χ1) is 12.8. The third-order valence-electron chi connectivity index (χ3n) is 4.63. The van der Waals surface area contributed by atoms with Gasteiger partial charge in [0.1, 0.15) is 6.26 Å². The highest BCUT2D eigenvalue weighted by molar-refractivity contribution is 7.13. The van der Waals surface area contributed by atoms with Crippen LogP contribution in [0.15, 0.2) is 58.5 Å². The van der Waals surface area contributed by atoms with Gasteiger partial charge in [-0.1, -0.05) is 24.3 Å². The molecule has 0 unspecified atom stereocenters. The first-order valence-electron chi connectivity index (χ1n) is 8.84. The van der Waals surface area contributed by atoms with Crippen molar-refractivity contribution in [3.05, 3.63) is 65.4 Å². The molecule has 0 radical (unpaired) electrons. The van der Waals surface area contributed by atoms with E-state index in [9.17, 15) is 4.79 Å². The van der Waals surface area contributed by atoms with Gasteiger partial charge in [-0.15, -0.1) is 11.3 Å². The summed E-state index contributed by atoms with van der Waals surface area (Å²) in [4.78, 5) is 20.3. The quantitative estimate of drug-likeness (QED) is 0.745. The van der Waals surface area contributed by atoms with Crippen LogP contribution in [0.1, 0.15) is 28.9 Å². The number of hydrogen-bond acceptors (Lipinski definition) is 5. The van der Waals surface area contributed by atoms with E-state index in [1.807, 2.05) is 47.8 Å². The molecule has 1 aromatic carbocycles. The fraction of sp³-hybridized carbons (Fsp3) is 0.300.